The van der Waals surface area contributed by atoms with Gasteiger partial charge in [0.25, 0.3) is 0 Å². The van der Waals surface area contributed by atoms with E-state index in [2.05, 4.69) is 10.5 Å². The van der Waals surface area contributed by atoms with Crippen molar-refractivity contribution >= 4 is 17.6 Å². The summed E-state index contributed by atoms with van der Waals surface area (Å²) in [5.41, 5.74) is 5.66. The minimum absolute atomic E-state index is 0.155. The monoisotopic (exact) mass is 392 g/mol. The molecular formula is C22H20N2O5. The number of benzene rings is 1. The Labute approximate surface area is 167 Å². The van der Waals surface area contributed by atoms with Gasteiger partial charge in [0.05, 0.1) is 12.0 Å². The third kappa shape index (κ3) is 3.85. The first-order chi connectivity index (χ1) is 14.0. The van der Waals surface area contributed by atoms with Crippen LogP contribution in [0.3, 0.4) is 0 Å². The average molecular weight is 392 g/mol. The van der Waals surface area contributed by atoms with Crippen LogP contribution in [0.15, 0.2) is 56.6 Å². The summed E-state index contributed by atoms with van der Waals surface area (Å²) in [7, 11) is 0. The molecule has 148 valence electrons. The molecule has 0 atom stereocenters. The number of carbonyl (C=O) groups excluding carboxylic acids is 2. The molecule has 1 N–H and O–H groups in total. The second-order valence-electron chi connectivity index (χ2n) is 6.89. The Hall–Kier alpha value is -3.61. The number of aryl methyl sites for hydroxylation is 2. The molecule has 2 heterocycles. The Morgan fingerprint density at radius 3 is 2.62 bits per heavy atom. The van der Waals surface area contributed by atoms with Crippen LogP contribution in [0.4, 0.5) is 0 Å². The number of furan rings is 2. The fraction of sp³-hybridized carbons (Fsp3) is 0.227. The summed E-state index contributed by atoms with van der Waals surface area (Å²) in [6, 6.07) is 10.4. The first-order valence-electron chi connectivity index (χ1n) is 9.35. The predicted molar refractivity (Wildman–Crippen MR) is 105 cm³/mol. The van der Waals surface area contributed by atoms with Gasteiger partial charge in [0.2, 0.25) is 5.76 Å². The number of hydrogen-bond acceptors (Lipinski definition) is 6. The van der Waals surface area contributed by atoms with Crippen molar-refractivity contribution in [3.8, 4) is 5.75 Å². The Morgan fingerprint density at radius 2 is 1.90 bits per heavy atom. The smallest absolute Gasteiger partial charge is 0.379 e. The molecule has 0 aliphatic heterocycles. The van der Waals surface area contributed by atoms with E-state index in [9.17, 15) is 9.59 Å². The largest absolute Gasteiger partial charge is 0.459 e. The highest BCUT2D eigenvalue weighted by Crippen LogP contribution is 2.30. The minimum Gasteiger partial charge on any atom is -0.459 e. The van der Waals surface area contributed by atoms with Crippen LogP contribution in [0.25, 0.3) is 0 Å². The summed E-state index contributed by atoms with van der Waals surface area (Å²) < 4.78 is 16.3. The van der Waals surface area contributed by atoms with Crippen molar-refractivity contribution < 1.29 is 23.2 Å². The number of nitrogens with zero attached hydrogens (tertiary/aromatic N) is 1. The van der Waals surface area contributed by atoms with E-state index >= 15 is 0 Å². The van der Waals surface area contributed by atoms with Crippen molar-refractivity contribution in [3.63, 3.8) is 0 Å². The van der Waals surface area contributed by atoms with Gasteiger partial charge in [-0.05, 0) is 51.0 Å². The van der Waals surface area contributed by atoms with E-state index in [1.165, 1.54) is 6.26 Å². The van der Waals surface area contributed by atoms with Crippen LogP contribution < -0.4 is 10.2 Å². The molecule has 0 bridgehead atoms. The van der Waals surface area contributed by atoms with Gasteiger partial charge in [0, 0.05) is 17.5 Å². The summed E-state index contributed by atoms with van der Waals surface area (Å²) in [6.45, 7) is 3.76. The fourth-order valence-corrected chi connectivity index (χ4v) is 3.32. The molecule has 0 fully saturated rings. The maximum Gasteiger partial charge on any atom is 0.379 e. The highest BCUT2D eigenvalue weighted by Gasteiger charge is 2.29. The molecule has 29 heavy (non-hydrogen) atoms. The average Bonchev–Trinajstić information content (AvgIpc) is 3.37. The summed E-state index contributed by atoms with van der Waals surface area (Å²) in [4.78, 5) is 24.7. The van der Waals surface area contributed by atoms with Gasteiger partial charge < -0.3 is 13.6 Å². The summed E-state index contributed by atoms with van der Waals surface area (Å²) in [6.07, 6.45) is 3.59. The molecule has 1 aliphatic carbocycles. The topological polar surface area (TPSA) is 94.0 Å². The van der Waals surface area contributed by atoms with Gasteiger partial charge in [0.1, 0.15) is 11.5 Å². The fourth-order valence-electron chi connectivity index (χ4n) is 3.32. The molecule has 3 aromatic rings. The molecule has 1 aliphatic rings. The molecule has 7 nitrogen and oxygen atoms in total. The van der Waals surface area contributed by atoms with Crippen LogP contribution in [0.5, 0.6) is 5.75 Å². The molecular weight excluding hydrogens is 372 g/mol. The van der Waals surface area contributed by atoms with Gasteiger partial charge in [-0.25, -0.2) is 10.2 Å². The predicted octanol–water partition coefficient (Wildman–Crippen LogP) is 4.18. The lowest BCUT2D eigenvalue weighted by atomic mass is 9.93. The van der Waals surface area contributed by atoms with E-state index in [1.54, 1.807) is 31.2 Å². The Morgan fingerprint density at radius 1 is 1.10 bits per heavy atom. The van der Waals surface area contributed by atoms with E-state index in [0.717, 1.165) is 17.5 Å². The van der Waals surface area contributed by atoms with Crippen molar-refractivity contribution in [3.05, 3.63) is 76.6 Å². The number of nitrogens with one attached hydrogen (secondary N) is 1. The highest BCUT2D eigenvalue weighted by atomic mass is 16.5. The molecule has 0 radical (unpaired) electrons. The quantitative estimate of drug-likeness (QED) is 0.408. The van der Waals surface area contributed by atoms with Crippen molar-refractivity contribution in [1.29, 1.82) is 0 Å². The van der Waals surface area contributed by atoms with E-state index < -0.39 is 11.9 Å². The third-order valence-corrected chi connectivity index (χ3v) is 4.78. The number of rotatable bonds is 4. The second-order valence-corrected chi connectivity index (χ2v) is 6.89. The van der Waals surface area contributed by atoms with Crippen molar-refractivity contribution in [2.45, 2.75) is 33.1 Å². The molecule has 0 saturated heterocycles. The Balaban J connectivity index is 1.57. The number of esters is 1. The van der Waals surface area contributed by atoms with Crippen molar-refractivity contribution in [2.24, 2.45) is 5.10 Å². The lowest BCUT2D eigenvalue weighted by Crippen LogP contribution is -2.21. The minimum atomic E-state index is -0.556. The summed E-state index contributed by atoms with van der Waals surface area (Å²) in [5, 5.41) is 4.25. The van der Waals surface area contributed by atoms with Gasteiger partial charge >= 0.3 is 11.9 Å². The lowest BCUT2D eigenvalue weighted by molar-refractivity contribution is 0.0698. The van der Waals surface area contributed by atoms with Crippen molar-refractivity contribution in [2.75, 3.05) is 0 Å². The van der Waals surface area contributed by atoms with E-state index in [0.29, 0.717) is 35.6 Å². The van der Waals surface area contributed by atoms with Crippen LogP contribution in [-0.2, 0) is 6.42 Å². The Kier molecular flexibility index (Phi) is 5.03. The second kappa shape index (κ2) is 7.79. The van der Waals surface area contributed by atoms with Crippen LogP contribution >= 0.6 is 0 Å². The van der Waals surface area contributed by atoms with Crippen molar-refractivity contribution in [1.82, 2.24) is 5.43 Å². The van der Waals surface area contributed by atoms with Gasteiger partial charge in [-0.2, -0.15) is 5.10 Å². The number of hydrogen-bond donors (Lipinski definition) is 1. The molecule has 7 heteroatoms. The van der Waals surface area contributed by atoms with Gasteiger partial charge in [-0.1, -0.05) is 17.7 Å². The SMILES string of the molecule is Cc1ccc(OC(=O)c2oc3c(c2C)/C(=N/NC(=O)c2ccco2)CCC3)cc1. The number of ether oxygens (including phenoxy) is 1. The van der Waals surface area contributed by atoms with Gasteiger partial charge in [0.15, 0.2) is 5.76 Å². The molecule has 0 unspecified atom stereocenters. The maximum absolute atomic E-state index is 12.6. The third-order valence-electron chi connectivity index (χ3n) is 4.78. The molecule has 1 amide bonds. The molecule has 4 rings (SSSR count). The number of amides is 1. The van der Waals surface area contributed by atoms with E-state index in [1.807, 2.05) is 19.1 Å². The number of fused-ring (bicyclic) bond motifs is 1. The standard InChI is InChI=1S/C22H20N2O5/c1-13-8-10-15(11-9-13)28-22(26)20-14(2)19-16(5-3-6-17(19)29-20)23-24-21(25)18-7-4-12-27-18/h4,7-12H,3,5-6H2,1-2H3,(H,24,25)/b23-16+. The van der Waals surface area contributed by atoms with Crippen LogP contribution in [0.1, 0.15) is 56.4 Å². The molecule has 1 aromatic carbocycles. The van der Waals surface area contributed by atoms with E-state index in [4.69, 9.17) is 13.6 Å². The summed E-state index contributed by atoms with van der Waals surface area (Å²) >= 11 is 0. The van der Waals surface area contributed by atoms with Gasteiger partial charge in [-0.15, -0.1) is 0 Å². The lowest BCUT2D eigenvalue weighted by Gasteiger charge is -2.13. The summed E-state index contributed by atoms with van der Waals surface area (Å²) in [5.74, 6) is 0.471. The molecule has 0 spiro atoms. The Bertz CT molecular complexity index is 1080. The first-order valence-corrected chi connectivity index (χ1v) is 9.35. The zero-order chi connectivity index (χ0) is 20.4. The van der Waals surface area contributed by atoms with Crippen LogP contribution in [-0.4, -0.2) is 17.6 Å². The van der Waals surface area contributed by atoms with Gasteiger partial charge in [-0.3, -0.25) is 4.79 Å². The van der Waals surface area contributed by atoms with Crippen LogP contribution in [0, 0.1) is 13.8 Å². The van der Waals surface area contributed by atoms with E-state index in [-0.39, 0.29) is 11.5 Å². The normalized spacial score (nSPS) is 14.5. The number of hydrazone groups is 1. The zero-order valence-electron chi connectivity index (χ0n) is 16.2. The zero-order valence-corrected chi connectivity index (χ0v) is 16.2. The van der Waals surface area contributed by atoms with Crippen LogP contribution in [0.2, 0.25) is 0 Å². The highest BCUT2D eigenvalue weighted by molar-refractivity contribution is 6.06. The maximum atomic E-state index is 12.6. The molecule has 0 saturated carbocycles. The first kappa shape index (κ1) is 18.7. The molecule has 2 aromatic heterocycles. The number of carbonyl (C=O) groups is 2.